The number of Topliss-reactive ketones (excluding diaryl/α,β-unsaturated/α-hetero) is 1. The summed E-state index contributed by atoms with van der Waals surface area (Å²) in [5.41, 5.74) is 1.76. The first-order chi connectivity index (χ1) is 11.4. The van der Waals surface area contributed by atoms with Crippen molar-refractivity contribution in [1.29, 1.82) is 0 Å². The number of halogens is 1. The zero-order valence-electron chi connectivity index (χ0n) is 14.1. The number of carbonyl (C=O) groups is 2. The Balaban J connectivity index is 2.26. The van der Waals surface area contributed by atoms with Gasteiger partial charge in [-0.3, -0.25) is 14.9 Å². The highest BCUT2D eigenvalue weighted by molar-refractivity contribution is 6.25. The fourth-order valence-corrected chi connectivity index (χ4v) is 3.27. The molecular weight excluding hydrogens is 334 g/mol. The van der Waals surface area contributed by atoms with Crippen molar-refractivity contribution in [2.24, 2.45) is 0 Å². The number of benzene rings is 1. The molecule has 1 unspecified atom stereocenters. The van der Waals surface area contributed by atoms with Crippen LogP contribution in [0.4, 0.5) is 0 Å². The van der Waals surface area contributed by atoms with Gasteiger partial charge in [0.1, 0.15) is 17.2 Å². The molecule has 0 aromatic heterocycles. The van der Waals surface area contributed by atoms with Crippen LogP contribution in [0.15, 0.2) is 12.1 Å². The first-order valence-electron chi connectivity index (χ1n) is 7.80. The van der Waals surface area contributed by atoms with Gasteiger partial charge in [-0.1, -0.05) is 11.6 Å². The zero-order valence-corrected chi connectivity index (χ0v) is 14.9. The fraction of sp³-hybridized carbons (Fsp3) is 0.529. The van der Waals surface area contributed by atoms with E-state index >= 15 is 0 Å². The molecule has 1 aromatic rings. The number of ether oxygens (including phenoxy) is 3. The van der Waals surface area contributed by atoms with Gasteiger partial charge in [-0.25, -0.2) is 0 Å². The van der Waals surface area contributed by atoms with Gasteiger partial charge in [-0.05, 0) is 36.6 Å². The Hall–Kier alpha value is -1.79. The van der Waals surface area contributed by atoms with Crippen molar-refractivity contribution in [1.82, 2.24) is 5.32 Å². The lowest BCUT2D eigenvalue weighted by Gasteiger charge is -2.35. The maximum Gasteiger partial charge on any atom is 0.313 e. The Morgan fingerprint density at radius 3 is 2.54 bits per heavy atom. The number of carbonyl (C=O) groups excluding carboxylic acids is 2. The standard InChI is InChI=1S/C17H22ClNO5/c1-4-24-16(21)8-12(20)10-17(18)13-9-15(23-3)14(22-2)7-11(13)5-6-19-17/h7,9,19H,4-6,8,10H2,1-3H3. The second kappa shape index (κ2) is 7.85. The quantitative estimate of drug-likeness (QED) is 0.349. The molecule has 1 N–H and O–H groups in total. The van der Waals surface area contributed by atoms with Crippen LogP contribution in [0.3, 0.4) is 0 Å². The number of fused-ring (bicyclic) bond motifs is 1. The fourth-order valence-electron chi connectivity index (χ4n) is 2.85. The Morgan fingerprint density at radius 1 is 1.25 bits per heavy atom. The normalized spacial score (nSPS) is 19.3. The lowest BCUT2D eigenvalue weighted by atomic mass is 9.89. The van der Waals surface area contributed by atoms with E-state index in [2.05, 4.69) is 5.32 Å². The highest BCUT2D eigenvalue weighted by Gasteiger charge is 2.37. The molecule has 1 aromatic carbocycles. The van der Waals surface area contributed by atoms with Gasteiger partial charge in [0.05, 0.1) is 20.8 Å². The Kier molecular flexibility index (Phi) is 6.07. The average Bonchev–Trinajstić information content (AvgIpc) is 2.53. The minimum Gasteiger partial charge on any atom is -0.493 e. The van der Waals surface area contributed by atoms with Crippen LogP contribution < -0.4 is 14.8 Å². The summed E-state index contributed by atoms with van der Waals surface area (Å²) in [7, 11) is 3.12. The van der Waals surface area contributed by atoms with Crippen molar-refractivity contribution in [2.75, 3.05) is 27.4 Å². The molecule has 1 aliphatic rings. The van der Waals surface area contributed by atoms with Crippen LogP contribution in [-0.4, -0.2) is 39.1 Å². The largest absolute Gasteiger partial charge is 0.493 e. The summed E-state index contributed by atoms with van der Waals surface area (Å²) in [4.78, 5) is 22.6. The number of nitrogens with one attached hydrogen (secondary N) is 1. The molecule has 0 aliphatic carbocycles. The highest BCUT2D eigenvalue weighted by Crippen LogP contribution is 2.41. The number of ketones is 1. The maximum atomic E-state index is 12.2. The van der Waals surface area contributed by atoms with Gasteiger partial charge in [0.25, 0.3) is 0 Å². The topological polar surface area (TPSA) is 73.9 Å². The van der Waals surface area contributed by atoms with Crippen molar-refractivity contribution < 1.29 is 23.8 Å². The first-order valence-corrected chi connectivity index (χ1v) is 8.18. The summed E-state index contributed by atoms with van der Waals surface area (Å²) in [6, 6.07) is 3.66. The van der Waals surface area contributed by atoms with E-state index in [0.29, 0.717) is 18.0 Å². The van der Waals surface area contributed by atoms with Gasteiger partial charge in [0.2, 0.25) is 0 Å². The van der Waals surface area contributed by atoms with Gasteiger partial charge in [0, 0.05) is 13.0 Å². The Bertz CT molecular complexity index is 634. The zero-order chi connectivity index (χ0) is 17.7. The molecule has 2 rings (SSSR count). The van der Waals surface area contributed by atoms with E-state index in [-0.39, 0.29) is 25.2 Å². The molecular formula is C17H22ClNO5. The lowest BCUT2D eigenvalue weighted by Crippen LogP contribution is -2.44. The van der Waals surface area contributed by atoms with Gasteiger partial charge < -0.3 is 14.2 Å². The van der Waals surface area contributed by atoms with Crippen molar-refractivity contribution in [3.63, 3.8) is 0 Å². The van der Waals surface area contributed by atoms with Crippen LogP contribution in [0.5, 0.6) is 11.5 Å². The van der Waals surface area contributed by atoms with Crippen LogP contribution in [0.2, 0.25) is 0 Å². The third kappa shape index (κ3) is 3.99. The van der Waals surface area contributed by atoms with Crippen molar-refractivity contribution >= 4 is 23.4 Å². The molecule has 0 radical (unpaired) electrons. The summed E-state index contributed by atoms with van der Waals surface area (Å²) in [6.07, 6.45) is 0.457. The molecule has 1 aliphatic heterocycles. The molecule has 6 nitrogen and oxygen atoms in total. The molecule has 24 heavy (non-hydrogen) atoms. The van der Waals surface area contributed by atoms with E-state index in [0.717, 1.165) is 17.5 Å². The minimum atomic E-state index is -1.07. The van der Waals surface area contributed by atoms with Gasteiger partial charge >= 0.3 is 5.97 Å². The number of esters is 1. The second-order valence-electron chi connectivity index (χ2n) is 5.54. The predicted molar refractivity (Wildman–Crippen MR) is 89.7 cm³/mol. The van der Waals surface area contributed by atoms with Gasteiger partial charge in [0.15, 0.2) is 11.5 Å². The van der Waals surface area contributed by atoms with E-state index in [1.54, 1.807) is 27.2 Å². The smallest absolute Gasteiger partial charge is 0.313 e. The third-order valence-electron chi connectivity index (χ3n) is 3.92. The lowest BCUT2D eigenvalue weighted by molar-refractivity contribution is -0.145. The highest BCUT2D eigenvalue weighted by atomic mass is 35.5. The predicted octanol–water partition coefficient (Wildman–Crippen LogP) is 2.15. The molecule has 0 saturated heterocycles. The van der Waals surface area contributed by atoms with Crippen molar-refractivity contribution in [2.45, 2.75) is 31.2 Å². The molecule has 0 saturated carbocycles. The molecule has 7 heteroatoms. The second-order valence-corrected chi connectivity index (χ2v) is 6.18. The summed E-state index contributed by atoms with van der Waals surface area (Å²) in [5.74, 6) is 0.350. The summed E-state index contributed by atoms with van der Waals surface area (Å²) in [5, 5.41) is 3.17. The van der Waals surface area contributed by atoms with Gasteiger partial charge in [-0.2, -0.15) is 0 Å². The van der Waals surface area contributed by atoms with E-state index in [9.17, 15) is 9.59 Å². The summed E-state index contributed by atoms with van der Waals surface area (Å²) >= 11 is 6.71. The van der Waals surface area contributed by atoms with Crippen LogP contribution in [0.1, 0.15) is 30.9 Å². The van der Waals surface area contributed by atoms with Crippen molar-refractivity contribution in [3.8, 4) is 11.5 Å². The van der Waals surface area contributed by atoms with Crippen LogP contribution in [0.25, 0.3) is 0 Å². The first kappa shape index (κ1) is 18.5. The third-order valence-corrected chi connectivity index (χ3v) is 4.39. The molecule has 0 amide bonds. The number of hydrogen-bond donors (Lipinski definition) is 1. The van der Waals surface area contributed by atoms with E-state index in [4.69, 9.17) is 25.8 Å². The molecule has 0 bridgehead atoms. The Labute approximate surface area is 146 Å². The minimum absolute atomic E-state index is 0.0180. The van der Waals surface area contributed by atoms with Crippen LogP contribution in [-0.2, 0) is 25.7 Å². The molecule has 0 spiro atoms. The van der Waals surface area contributed by atoms with E-state index in [1.807, 2.05) is 6.07 Å². The number of alkyl halides is 1. The van der Waals surface area contributed by atoms with E-state index in [1.165, 1.54) is 0 Å². The molecule has 0 fully saturated rings. The molecule has 1 atom stereocenters. The summed E-state index contributed by atoms with van der Waals surface area (Å²) < 4.78 is 15.5. The summed E-state index contributed by atoms with van der Waals surface area (Å²) in [6.45, 7) is 2.57. The maximum absolute atomic E-state index is 12.2. The SMILES string of the molecule is CCOC(=O)CC(=O)CC1(Cl)NCCc2cc(OC)c(OC)cc21. The monoisotopic (exact) mass is 355 g/mol. The number of methoxy groups -OCH3 is 2. The van der Waals surface area contributed by atoms with E-state index < -0.39 is 11.0 Å². The molecule has 1 heterocycles. The molecule has 132 valence electrons. The number of hydrogen-bond acceptors (Lipinski definition) is 6. The number of rotatable bonds is 7. The van der Waals surface area contributed by atoms with Crippen LogP contribution in [0, 0.1) is 0 Å². The van der Waals surface area contributed by atoms with Crippen molar-refractivity contribution in [3.05, 3.63) is 23.3 Å². The Morgan fingerprint density at radius 2 is 1.92 bits per heavy atom. The van der Waals surface area contributed by atoms with Crippen LogP contribution >= 0.6 is 11.6 Å². The van der Waals surface area contributed by atoms with Gasteiger partial charge in [-0.15, -0.1) is 0 Å². The average molecular weight is 356 g/mol.